The van der Waals surface area contributed by atoms with Gasteiger partial charge in [-0.3, -0.25) is 9.78 Å². The van der Waals surface area contributed by atoms with Crippen molar-refractivity contribution in [2.75, 3.05) is 6.54 Å². The Kier molecular flexibility index (Phi) is 4.58. The molecule has 0 fully saturated rings. The van der Waals surface area contributed by atoms with E-state index in [1.54, 1.807) is 23.1 Å². The van der Waals surface area contributed by atoms with Gasteiger partial charge in [-0.15, -0.1) is 0 Å². The number of nitrogens with zero attached hydrogens (tertiary/aromatic N) is 2. The lowest BCUT2D eigenvalue weighted by Gasteiger charge is -2.21. The molecule has 4 heteroatoms. The van der Waals surface area contributed by atoms with E-state index < -0.39 is 0 Å². The van der Waals surface area contributed by atoms with E-state index in [9.17, 15) is 9.90 Å². The van der Waals surface area contributed by atoms with Gasteiger partial charge >= 0.3 is 0 Å². The van der Waals surface area contributed by atoms with Gasteiger partial charge in [-0.1, -0.05) is 6.07 Å². The second-order valence-electron chi connectivity index (χ2n) is 5.09. The van der Waals surface area contributed by atoms with Gasteiger partial charge in [0.15, 0.2) is 0 Å². The minimum atomic E-state index is -0.0432. The molecule has 1 heterocycles. The van der Waals surface area contributed by atoms with Gasteiger partial charge in [-0.05, 0) is 56.7 Å². The number of rotatable bonds is 4. The Morgan fingerprint density at radius 3 is 2.62 bits per heavy atom. The van der Waals surface area contributed by atoms with Crippen LogP contribution in [0.15, 0.2) is 36.4 Å². The van der Waals surface area contributed by atoms with Gasteiger partial charge < -0.3 is 10.0 Å². The monoisotopic (exact) mass is 284 g/mol. The summed E-state index contributed by atoms with van der Waals surface area (Å²) >= 11 is 0. The van der Waals surface area contributed by atoms with Gasteiger partial charge in [0.2, 0.25) is 0 Å². The van der Waals surface area contributed by atoms with E-state index >= 15 is 0 Å². The Hall–Kier alpha value is -2.36. The maximum atomic E-state index is 12.6. The molecule has 2 aromatic rings. The average Bonchev–Trinajstić information content (AvgIpc) is 2.44. The molecule has 2 rings (SSSR count). The highest BCUT2D eigenvalue weighted by Crippen LogP contribution is 2.18. The third-order valence-electron chi connectivity index (χ3n) is 3.41. The lowest BCUT2D eigenvalue weighted by atomic mass is 10.1. The molecule has 110 valence electrons. The standard InChI is InChI=1S/C17H20N2O2/c1-4-19(11-14-7-5-6-13(3)18-14)17(21)16-9-8-15(20)10-12(16)2/h5-10,20H,4,11H2,1-3H3. The fourth-order valence-electron chi connectivity index (χ4n) is 2.27. The average molecular weight is 284 g/mol. The number of benzene rings is 1. The second-order valence-corrected chi connectivity index (χ2v) is 5.09. The lowest BCUT2D eigenvalue weighted by molar-refractivity contribution is 0.0750. The summed E-state index contributed by atoms with van der Waals surface area (Å²) in [5, 5.41) is 9.45. The summed E-state index contributed by atoms with van der Waals surface area (Å²) in [4.78, 5) is 18.8. The number of aromatic nitrogens is 1. The molecule has 21 heavy (non-hydrogen) atoms. The van der Waals surface area contributed by atoms with E-state index in [1.807, 2.05) is 39.0 Å². The largest absolute Gasteiger partial charge is 0.508 e. The zero-order valence-electron chi connectivity index (χ0n) is 12.6. The number of carbonyl (C=O) groups excluding carboxylic acids is 1. The topological polar surface area (TPSA) is 53.4 Å². The molecule has 0 spiro atoms. The fourth-order valence-corrected chi connectivity index (χ4v) is 2.27. The first-order chi connectivity index (χ1) is 10.0. The third kappa shape index (κ3) is 3.60. The van der Waals surface area contributed by atoms with Gasteiger partial charge in [0.25, 0.3) is 5.91 Å². The summed E-state index contributed by atoms with van der Waals surface area (Å²) in [6.45, 7) is 6.80. The molecule has 0 aliphatic rings. The Morgan fingerprint density at radius 2 is 2.00 bits per heavy atom. The number of phenols is 1. The molecule has 0 radical (unpaired) electrons. The Morgan fingerprint density at radius 1 is 1.24 bits per heavy atom. The van der Waals surface area contributed by atoms with E-state index in [0.29, 0.717) is 18.7 Å². The van der Waals surface area contributed by atoms with Gasteiger partial charge in [0.05, 0.1) is 12.2 Å². The number of pyridine rings is 1. The molecule has 1 amide bonds. The first-order valence-electron chi connectivity index (χ1n) is 7.02. The molecule has 0 atom stereocenters. The summed E-state index contributed by atoms with van der Waals surface area (Å²) < 4.78 is 0. The van der Waals surface area contributed by atoms with Crippen LogP contribution in [0, 0.1) is 13.8 Å². The van der Waals surface area contributed by atoms with Gasteiger partial charge in [-0.25, -0.2) is 0 Å². The fraction of sp³-hybridized carbons (Fsp3) is 0.294. The molecule has 1 N–H and O–H groups in total. The molecule has 0 aliphatic heterocycles. The van der Waals surface area contributed by atoms with Crippen LogP contribution < -0.4 is 0 Å². The molecule has 0 saturated carbocycles. The maximum absolute atomic E-state index is 12.6. The van der Waals surface area contributed by atoms with Gasteiger partial charge in [-0.2, -0.15) is 0 Å². The SMILES string of the molecule is CCN(Cc1cccc(C)n1)C(=O)c1ccc(O)cc1C. The Labute approximate surface area is 125 Å². The van der Waals surface area contributed by atoms with Crippen LogP contribution in [0.2, 0.25) is 0 Å². The van der Waals surface area contributed by atoms with Gasteiger partial charge in [0, 0.05) is 17.8 Å². The maximum Gasteiger partial charge on any atom is 0.254 e. The quantitative estimate of drug-likeness (QED) is 0.938. The third-order valence-corrected chi connectivity index (χ3v) is 3.41. The first-order valence-corrected chi connectivity index (χ1v) is 7.02. The molecule has 1 aromatic carbocycles. The van der Waals surface area contributed by atoms with E-state index in [0.717, 1.165) is 17.0 Å². The number of hydrogen-bond acceptors (Lipinski definition) is 3. The minimum Gasteiger partial charge on any atom is -0.508 e. The molecular formula is C17H20N2O2. The summed E-state index contributed by atoms with van der Waals surface area (Å²) in [6, 6.07) is 10.6. The predicted molar refractivity (Wildman–Crippen MR) is 82.2 cm³/mol. The van der Waals surface area contributed by atoms with Crippen molar-refractivity contribution in [1.29, 1.82) is 0 Å². The van der Waals surface area contributed by atoms with Crippen molar-refractivity contribution >= 4 is 5.91 Å². The smallest absolute Gasteiger partial charge is 0.254 e. The van der Waals surface area contributed by atoms with Crippen LogP contribution in [0.4, 0.5) is 0 Å². The van der Waals surface area contributed by atoms with Crippen LogP contribution in [-0.2, 0) is 6.54 Å². The molecule has 0 saturated heterocycles. The molecule has 1 aromatic heterocycles. The predicted octanol–water partition coefficient (Wildman–Crippen LogP) is 3.07. The van der Waals surface area contributed by atoms with Crippen LogP contribution >= 0.6 is 0 Å². The number of hydrogen-bond donors (Lipinski definition) is 1. The molecule has 4 nitrogen and oxygen atoms in total. The van der Waals surface area contributed by atoms with Gasteiger partial charge in [0.1, 0.15) is 5.75 Å². The van der Waals surface area contributed by atoms with Crippen molar-refractivity contribution in [2.45, 2.75) is 27.3 Å². The summed E-state index contributed by atoms with van der Waals surface area (Å²) in [5.41, 5.74) is 3.21. The highest BCUT2D eigenvalue weighted by molar-refractivity contribution is 5.95. The van der Waals surface area contributed by atoms with Crippen LogP contribution in [0.5, 0.6) is 5.75 Å². The zero-order chi connectivity index (χ0) is 15.4. The molecular weight excluding hydrogens is 264 g/mol. The normalized spacial score (nSPS) is 10.4. The van der Waals surface area contributed by atoms with E-state index in [4.69, 9.17) is 0 Å². The molecule has 0 aliphatic carbocycles. The summed E-state index contributed by atoms with van der Waals surface area (Å²) in [6.07, 6.45) is 0. The van der Waals surface area contributed by atoms with Crippen LogP contribution in [-0.4, -0.2) is 27.4 Å². The summed E-state index contributed by atoms with van der Waals surface area (Å²) in [5.74, 6) is 0.130. The minimum absolute atomic E-state index is 0.0432. The highest BCUT2D eigenvalue weighted by Gasteiger charge is 2.17. The number of carbonyl (C=O) groups is 1. The van der Waals surface area contributed by atoms with Crippen molar-refractivity contribution in [2.24, 2.45) is 0 Å². The van der Waals surface area contributed by atoms with E-state index in [-0.39, 0.29) is 11.7 Å². The highest BCUT2D eigenvalue weighted by atomic mass is 16.3. The number of phenolic OH excluding ortho intramolecular Hbond substituents is 1. The first kappa shape index (κ1) is 15.0. The van der Waals surface area contributed by atoms with E-state index in [1.165, 1.54) is 0 Å². The number of aromatic hydroxyl groups is 1. The van der Waals surface area contributed by atoms with Crippen LogP contribution in [0.1, 0.15) is 34.2 Å². The van der Waals surface area contributed by atoms with Crippen molar-refractivity contribution in [3.63, 3.8) is 0 Å². The molecule has 0 bridgehead atoms. The van der Waals surface area contributed by atoms with Crippen LogP contribution in [0.3, 0.4) is 0 Å². The van der Waals surface area contributed by atoms with Crippen molar-refractivity contribution in [3.8, 4) is 5.75 Å². The summed E-state index contributed by atoms with van der Waals surface area (Å²) in [7, 11) is 0. The zero-order valence-corrected chi connectivity index (χ0v) is 12.6. The van der Waals surface area contributed by atoms with E-state index in [2.05, 4.69) is 4.98 Å². The Balaban J connectivity index is 2.22. The van der Waals surface area contributed by atoms with Crippen LogP contribution in [0.25, 0.3) is 0 Å². The van der Waals surface area contributed by atoms with Crippen molar-refractivity contribution < 1.29 is 9.90 Å². The van der Waals surface area contributed by atoms with Crippen molar-refractivity contribution in [1.82, 2.24) is 9.88 Å². The Bertz CT molecular complexity index is 653. The van der Waals surface area contributed by atoms with Crippen molar-refractivity contribution in [3.05, 3.63) is 58.9 Å². The molecule has 0 unspecified atom stereocenters. The lowest BCUT2D eigenvalue weighted by Crippen LogP contribution is -2.31. The second kappa shape index (κ2) is 6.39. The number of amides is 1. The number of aryl methyl sites for hydroxylation is 2.